The van der Waals surface area contributed by atoms with Crippen LogP contribution in [0.25, 0.3) is 0 Å². The number of rotatable bonds is 4. The van der Waals surface area contributed by atoms with Crippen molar-refractivity contribution in [2.75, 3.05) is 13.7 Å². The third kappa shape index (κ3) is 2.94. The highest BCUT2D eigenvalue weighted by Gasteiger charge is 2.21. The second-order valence-corrected chi connectivity index (χ2v) is 4.04. The molecular formula is C12H17N3O2. The maximum atomic E-state index is 11.8. The SMILES string of the molecule is COc1ncccc1CNC(=O)[C@H]1CCCN1. The first kappa shape index (κ1) is 11.9. The Morgan fingerprint density at radius 1 is 1.71 bits per heavy atom. The fourth-order valence-corrected chi connectivity index (χ4v) is 1.96. The van der Waals surface area contributed by atoms with E-state index in [1.165, 1.54) is 0 Å². The van der Waals surface area contributed by atoms with Crippen molar-refractivity contribution >= 4 is 5.91 Å². The fraction of sp³-hybridized carbons (Fsp3) is 0.500. The van der Waals surface area contributed by atoms with Crippen molar-refractivity contribution in [1.82, 2.24) is 15.6 Å². The first-order valence-corrected chi connectivity index (χ1v) is 5.80. The predicted octanol–water partition coefficient (Wildman–Crippen LogP) is 0.458. The van der Waals surface area contributed by atoms with E-state index < -0.39 is 0 Å². The third-order valence-corrected chi connectivity index (χ3v) is 2.87. The molecule has 5 heteroatoms. The predicted molar refractivity (Wildman–Crippen MR) is 63.7 cm³/mol. The molecule has 1 aromatic heterocycles. The maximum Gasteiger partial charge on any atom is 0.237 e. The summed E-state index contributed by atoms with van der Waals surface area (Å²) in [6.45, 7) is 1.38. The molecule has 0 saturated carbocycles. The lowest BCUT2D eigenvalue weighted by molar-refractivity contribution is -0.122. The van der Waals surface area contributed by atoms with E-state index in [0.717, 1.165) is 24.9 Å². The maximum absolute atomic E-state index is 11.8. The molecule has 0 bridgehead atoms. The number of aromatic nitrogens is 1. The lowest BCUT2D eigenvalue weighted by Crippen LogP contribution is -2.40. The molecule has 1 atom stereocenters. The molecule has 2 N–H and O–H groups in total. The van der Waals surface area contributed by atoms with Gasteiger partial charge in [-0.05, 0) is 25.5 Å². The van der Waals surface area contributed by atoms with Gasteiger partial charge in [-0.1, -0.05) is 6.07 Å². The molecule has 0 spiro atoms. The van der Waals surface area contributed by atoms with E-state index in [1.54, 1.807) is 13.3 Å². The summed E-state index contributed by atoms with van der Waals surface area (Å²) in [4.78, 5) is 15.9. The Labute approximate surface area is 101 Å². The number of methoxy groups -OCH3 is 1. The number of carbonyl (C=O) groups is 1. The number of nitrogens with one attached hydrogen (secondary N) is 2. The van der Waals surface area contributed by atoms with Crippen LogP contribution in [-0.2, 0) is 11.3 Å². The quantitative estimate of drug-likeness (QED) is 0.795. The Morgan fingerprint density at radius 3 is 3.29 bits per heavy atom. The molecule has 1 aliphatic heterocycles. The Morgan fingerprint density at radius 2 is 2.59 bits per heavy atom. The van der Waals surface area contributed by atoms with Crippen LogP contribution in [0.15, 0.2) is 18.3 Å². The number of carbonyl (C=O) groups excluding carboxylic acids is 1. The highest BCUT2D eigenvalue weighted by Crippen LogP contribution is 2.13. The minimum absolute atomic E-state index is 0.0438. The molecule has 1 amide bonds. The van der Waals surface area contributed by atoms with Crippen LogP contribution in [0.3, 0.4) is 0 Å². The number of hydrogen-bond acceptors (Lipinski definition) is 4. The second-order valence-electron chi connectivity index (χ2n) is 4.04. The van der Waals surface area contributed by atoms with Crippen molar-refractivity contribution in [2.45, 2.75) is 25.4 Å². The first-order valence-electron chi connectivity index (χ1n) is 5.80. The van der Waals surface area contributed by atoms with Crippen LogP contribution >= 0.6 is 0 Å². The average Bonchev–Trinajstić information content (AvgIpc) is 2.90. The first-order chi connectivity index (χ1) is 8.31. The van der Waals surface area contributed by atoms with E-state index >= 15 is 0 Å². The molecule has 5 nitrogen and oxygen atoms in total. The van der Waals surface area contributed by atoms with Crippen molar-refractivity contribution in [1.29, 1.82) is 0 Å². The van der Waals surface area contributed by atoms with Gasteiger partial charge >= 0.3 is 0 Å². The van der Waals surface area contributed by atoms with E-state index in [2.05, 4.69) is 15.6 Å². The van der Waals surface area contributed by atoms with Crippen LogP contribution in [0.1, 0.15) is 18.4 Å². The minimum atomic E-state index is -0.0438. The van der Waals surface area contributed by atoms with Crippen LogP contribution in [0.5, 0.6) is 5.88 Å². The zero-order chi connectivity index (χ0) is 12.1. The monoisotopic (exact) mass is 235 g/mol. The smallest absolute Gasteiger partial charge is 0.237 e. The Kier molecular flexibility index (Phi) is 3.93. The molecule has 1 aliphatic rings. The Balaban J connectivity index is 1.90. The number of ether oxygens (including phenoxy) is 1. The molecule has 1 aromatic rings. The van der Waals surface area contributed by atoms with Crippen molar-refractivity contribution in [3.8, 4) is 5.88 Å². The van der Waals surface area contributed by atoms with Gasteiger partial charge in [-0.3, -0.25) is 4.79 Å². The fourth-order valence-electron chi connectivity index (χ4n) is 1.96. The van der Waals surface area contributed by atoms with Gasteiger partial charge in [-0.25, -0.2) is 4.98 Å². The van der Waals surface area contributed by atoms with E-state index in [-0.39, 0.29) is 11.9 Å². The topological polar surface area (TPSA) is 63.2 Å². The van der Waals surface area contributed by atoms with Crippen LogP contribution < -0.4 is 15.4 Å². The number of nitrogens with zero attached hydrogens (tertiary/aromatic N) is 1. The van der Waals surface area contributed by atoms with Crippen LogP contribution in [-0.4, -0.2) is 30.6 Å². The summed E-state index contributed by atoms with van der Waals surface area (Å²) >= 11 is 0. The largest absolute Gasteiger partial charge is 0.481 e. The van der Waals surface area contributed by atoms with Gasteiger partial charge in [0.25, 0.3) is 0 Å². The van der Waals surface area contributed by atoms with Crippen molar-refractivity contribution < 1.29 is 9.53 Å². The summed E-state index contributed by atoms with van der Waals surface area (Å²) < 4.78 is 5.13. The summed E-state index contributed by atoms with van der Waals surface area (Å²) in [5.41, 5.74) is 0.890. The van der Waals surface area contributed by atoms with Crippen LogP contribution in [0, 0.1) is 0 Å². The third-order valence-electron chi connectivity index (χ3n) is 2.87. The lowest BCUT2D eigenvalue weighted by atomic mass is 10.2. The molecule has 2 rings (SSSR count). The standard InChI is InChI=1S/C12H17N3O2/c1-17-12-9(4-2-7-14-12)8-15-11(16)10-5-3-6-13-10/h2,4,7,10,13H,3,5-6,8H2,1H3,(H,15,16)/t10-/m1/s1. The summed E-state index contributed by atoms with van der Waals surface area (Å²) in [5, 5.41) is 6.06. The Hall–Kier alpha value is -1.62. The molecule has 2 heterocycles. The number of hydrogen-bond donors (Lipinski definition) is 2. The molecule has 0 unspecified atom stereocenters. The van der Waals surface area contributed by atoms with Crippen molar-refractivity contribution in [3.05, 3.63) is 23.9 Å². The summed E-state index contributed by atoms with van der Waals surface area (Å²) in [7, 11) is 1.58. The van der Waals surface area contributed by atoms with Gasteiger partial charge in [0, 0.05) is 18.3 Å². The number of pyridine rings is 1. The van der Waals surface area contributed by atoms with Gasteiger partial charge in [-0.15, -0.1) is 0 Å². The van der Waals surface area contributed by atoms with Crippen molar-refractivity contribution in [2.24, 2.45) is 0 Å². The van der Waals surface area contributed by atoms with E-state index in [4.69, 9.17) is 4.74 Å². The zero-order valence-corrected chi connectivity index (χ0v) is 9.90. The van der Waals surface area contributed by atoms with Gasteiger partial charge in [0.15, 0.2) is 0 Å². The highest BCUT2D eigenvalue weighted by molar-refractivity contribution is 5.82. The molecule has 1 saturated heterocycles. The number of amides is 1. The molecule has 0 aromatic carbocycles. The minimum Gasteiger partial charge on any atom is -0.481 e. The highest BCUT2D eigenvalue weighted by atomic mass is 16.5. The normalized spacial score (nSPS) is 19.0. The van der Waals surface area contributed by atoms with Gasteiger partial charge < -0.3 is 15.4 Å². The Bertz CT molecular complexity index is 389. The molecule has 1 fully saturated rings. The van der Waals surface area contributed by atoms with E-state index in [0.29, 0.717) is 12.4 Å². The molecule has 92 valence electrons. The molecular weight excluding hydrogens is 218 g/mol. The molecule has 0 radical (unpaired) electrons. The summed E-state index contributed by atoms with van der Waals surface area (Å²) in [6.07, 6.45) is 3.65. The van der Waals surface area contributed by atoms with Crippen LogP contribution in [0.4, 0.5) is 0 Å². The van der Waals surface area contributed by atoms with Gasteiger partial charge in [0.1, 0.15) is 0 Å². The molecule has 0 aliphatic carbocycles. The molecule has 17 heavy (non-hydrogen) atoms. The second kappa shape index (κ2) is 5.63. The van der Waals surface area contributed by atoms with Gasteiger partial charge in [-0.2, -0.15) is 0 Å². The van der Waals surface area contributed by atoms with Crippen LogP contribution in [0.2, 0.25) is 0 Å². The lowest BCUT2D eigenvalue weighted by Gasteiger charge is -2.12. The van der Waals surface area contributed by atoms with Gasteiger partial charge in [0.05, 0.1) is 13.2 Å². The zero-order valence-electron chi connectivity index (χ0n) is 9.90. The average molecular weight is 235 g/mol. The van der Waals surface area contributed by atoms with Crippen molar-refractivity contribution in [3.63, 3.8) is 0 Å². The summed E-state index contributed by atoms with van der Waals surface area (Å²) in [5.74, 6) is 0.612. The summed E-state index contributed by atoms with van der Waals surface area (Å²) in [6, 6.07) is 3.68. The van der Waals surface area contributed by atoms with E-state index in [1.807, 2.05) is 12.1 Å². The van der Waals surface area contributed by atoms with Gasteiger partial charge in [0.2, 0.25) is 11.8 Å². The van der Waals surface area contributed by atoms with E-state index in [9.17, 15) is 4.79 Å².